The van der Waals surface area contributed by atoms with E-state index < -0.39 is 0 Å². The summed E-state index contributed by atoms with van der Waals surface area (Å²) in [5.74, 6) is 2.56. The number of rotatable bonds is 8. The Morgan fingerprint density at radius 2 is 1.87 bits per heavy atom. The molecule has 0 heterocycles. The van der Waals surface area contributed by atoms with E-state index in [1.807, 2.05) is 61.5 Å². The van der Waals surface area contributed by atoms with Crippen molar-refractivity contribution >= 4 is 29.4 Å². The lowest BCUT2D eigenvalue weighted by atomic mass is 10.2. The zero-order valence-corrected chi connectivity index (χ0v) is 15.0. The third kappa shape index (κ3) is 5.85. The molecule has 0 saturated carbocycles. The lowest BCUT2D eigenvalue weighted by Gasteiger charge is -2.11. The SMILES string of the molecule is C/C=C/c1ccc(OCCCSc2ccc(Cl)cc2)c(OC)c1. The van der Waals surface area contributed by atoms with Crippen LogP contribution < -0.4 is 9.47 Å². The van der Waals surface area contributed by atoms with Crippen molar-refractivity contribution in [3.63, 3.8) is 0 Å². The van der Waals surface area contributed by atoms with E-state index in [-0.39, 0.29) is 0 Å². The van der Waals surface area contributed by atoms with Gasteiger partial charge in [-0.15, -0.1) is 11.8 Å². The van der Waals surface area contributed by atoms with E-state index in [4.69, 9.17) is 21.1 Å². The minimum absolute atomic E-state index is 0.667. The van der Waals surface area contributed by atoms with Crippen LogP contribution in [0, 0.1) is 0 Å². The normalized spacial score (nSPS) is 10.9. The summed E-state index contributed by atoms with van der Waals surface area (Å²) in [4.78, 5) is 1.22. The maximum Gasteiger partial charge on any atom is 0.161 e. The monoisotopic (exact) mass is 348 g/mol. The van der Waals surface area contributed by atoms with Crippen LogP contribution in [-0.4, -0.2) is 19.5 Å². The molecule has 0 bridgehead atoms. The quantitative estimate of drug-likeness (QED) is 0.434. The van der Waals surface area contributed by atoms with Crippen molar-refractivity contribution in [2.45, 2.75) is 18.2 Å². The zero-order chi connectivity index (χ0) is 16.5. The Balaban J connectivity index is 1.78. The van der Waals surface area contributed by atoms with Gasteiger partial charge in [-0.3, -0.25) is 0 Å². The number of hydrogen-bond donors (Lipinski definition) is 0. The van der Waals surface area contributed by atoms with Gasteiger partial charge in [-0.05, 0) is 55.3 Å². The fraction of sp³-hybridized carbons (Fsp3) is 0.263. The molecule has 2 rings (SSSR count). The lowest BCUT2D eigenvalue weighted by Crippen LogP contribution is -2.00. The number of halogens is 1. The van der Waals surface area contributed by atoms with Gasteiger partial charge in [0.25, 0.3) is 0 Å². The van der Waals surface area contributed by atoms with E-state index in [0.717, 1.165) is 34.3 Å². The molecule has 23 heavy (non-hydrogen) atoms. The van der Waals surface area contributed by atoms with E-state index in [2.05, 4.69) is 0 Å². The number of thioether (sulfide) groups is 1. The van der Waals surface area contributed by atoms with Crippen molar-refractivity contribution in [3.05, 3.63) is 59.1 Å². The second kappa shape index (κ2) is 9.53. The summed E-state index contributed by atoms with van der Waals surface area (Å²) in [6, 6.07) is 13.9. The molecule has 0 aliphatic rings. The molecule has 4 heteroatoms. The number of methoxy groups -OCH3 is 1. The van der Waals surface area contributed by atoms with Gasteiger partial charge in [0, 0.05) is 15.7 Å². The molecule has 0 atom stereocenters. The average Bonchev–Trinajstić information content (AvgIpc) is 2.57. The van der Waals surface area contributed by atoms with E-state index in [1.165, 1.54) is 4.90 Å². The fourth-order valence-corrected chi connectivity index (χ4v) is 3.01. The van der Waals surface area contributed by atoms with Gasteiger partial charge in [-0.25, -0.2) is 0 Å². The van der Waals surface area contributed by atoms with E-state index in [0.29, 0.717) is 6.61 Å². The maximum absolute atomic E-state index is 5.88. The van der Waals surface area contributed by atoms with E-state index in [9.17, 15) is 0 Å². The molecule has 2 aromatic rings. The molecule has 0 spiro atoms. The minimum atomic E-state index is 0.667. The van der Waals surface area contributed by atoms with Crippen molar-refractivity contribution in [3.8, 4) is 11.5 Å². The molecule has 0 N–H and O–H groups in total. The van der Waals surface area contributed by atoms with Gasteiger partial charge in [0.2, 0.25) is 0 Å². The van der Waals surface area contributed by atoms with Gasteiger partial charge in [0.15, 0.2) is 11.5 Å². The highest BCUT2D eigenvalue weighted by Crippen LogP contribution is 2.29. The van der Waals surface area contributed by atoms with Crippen LogP contribution in [0.1, 0.15) is 18.9 Å². The van der Waals surface area contributed by atoms with Crippen LogP contribution in [0.25, 0.3) is 6.08 Å². The van der Waals surface area contributed by atoms with Crippen molar-refractivity contribution in [1.29, 1.82) is 0 Å². The molecule has 0 saturated heterocycles. The van der Waals surface area contributed by atoms with Crippen molar-refractivity contribution in [2.75, 3.05) is 19.5 Å². The summed E-state index contributed by atoms with van der Waals surface area (Å²) in [6.45, 7) is 2.66. The van der Waals surface area contributed by atoms with Crippen LogP contribution in [0.5, 0.6) is 11.5 Å². The first-order valence-corrected chi connectivity index (χ1v) is 8.91. The Bertz CT molecular complexity index is 638. The molecule has 0 aromatic heterocycles. The van der Waals surface area contributed by atoms with Crippen LogP contribution in [0.3, 0.4) is 0 Å². The lowest BCUT2D eigenvalue weighted by molar-refractivity contribution is 0.295. The molecule has 2 aromatic carbocycles. The van der Waals surface area contributed by atoms with Crippen molar-refractivity contribution in [1.82, 2.24) is 0 Å². The van der Waals surface area contributed by atoms with Crippen LogP contribution in [0.15, 0.2) is 53.4 Å². The summed E-state index contributed by atoms with van der Waals surface area (Å²) < 4.78 is 11.2. The van der Waals surface area contributed by atoms with Crippen LogP contribution in [0.2, 0.25) is 5.02 Å². The van der Waals surface area contributed by atoms with Gasteiger partial charge >= 0.3 is 0 Å². The second-order valence-electron chi connectivity index (χ2n) is 4.91. The van der Waals surface area contributed by atoms with Crippen molar-refractivity contribution < 1.29 is 9.47 Å². The molecular formula is C19H21ClO2S. The molecule has 0 aliphatic heterocycles. The highest BCUT2D eigenvalue weighted by atomic mass is 35.5. The molecule has 0 fully saturated rings. The van der Waals surface area contributed by atoms with Crippen LogP contribution in [0.4, 0.5) is 0 Å². The number of ether oxygens (including phenoxy) is 2. The third-order valence-electron chi connectivity index (χ3n) is 3.18. The molecular weight excluding hydrogens is 328 g/mol. The summed E-state index contributed by atoms with van der Waals surface area (Å²) in [7, 11) is 1.66. The van der Waals surface area contributed by atoms with Gasteiger partial charge in [0.1, 0.15) is 0 Å². The maximum atomic E-state index is 5.88. The van der Waals surface area contributed by atoms with Gasteiger partial charge < -0.3 is 9.47 Å². The van der Waals surface area contributed by atoms with Crippen LogP contribution in [-0.2, 0) is 0 Å². The number of allylic oxidation sites excluding steroid dienone is 1. The van der Waals surface area contributed by atoms with Crippen molar-refractivity contribution in [2.24, 2.45) is 0 Å². The van der Waals surface area contributed by atoms with Gasteiger partial charge in [-0.2, -0.15) is 0 Å². The molecule has 122 valence electrons. The molecule has 0 aliphatic carbocycles. The second-order valence-corrected chi connectivity index (χ2v) is 6.52. The van der Waals surface area contributed by atoms with E-state index >= 15 is 0 Å². The predicted molar refractivity (Wildman–Crippen MR) is 100.0 cm³/mol. The Morgan fingerprint density at radius 1 is 1.09 bits per heavy atom. The first-order valence-electron chi connectivity index (χ1n) is 7.55. The number of benzene rings is 2. The average molecular weight is 349 g/mol. The fourth-order valence-electron chi connectivity index (χ4n) is 2.06. The summed E-state index contributed by atoms with van der Waals surface area (Å²) in [5, 5.41) is 0.770. The predicted octanol–water partition coefficient (Wildman–Crippen LogP) is 5.94. The summed E-state index contributed by atoms with van der Waals surface area (Å²) >= 11 is 7.68. The van der Waals surface area contributed by atoms with Gasteiger partial charge in [-0.1, -0.05) is 29.8 Å². The Labute approximate surface area is 147 Å². The first-order chi connectivity index (χ1) is 11.2. The molecule has 0 unspecified atom stereocenters. The summed E-state index contributed by atoms with van der Waals surface area (Å²) in [6.07, 6.45) is 5.01. The molecule has 0 radical (unpaired) electrons. The Morgan fingerprint density at radius 3 is 2.57 bits per heavy atom. The topological polar surface area (TPSA) is 18.5 Å². The zero-order valence-electron chi connectivity index (χ0n) is 13.4. The van der Waals surface area contributed by atoms with E-state index in [1.54, 1.807) is 18.9 Å². The highest BCUT2D eigenvalue weighted by molar-refractivity contribution is 7.99. The Kier molecular flexibility index (Phi) is 7.37. The van der Waals surface area contributed by atoms with Gasteiger partial charge in [0.05, 0.1) is 13.7 Å². The smallest absolute Gasteiger partial charge is 0.161 e. The minimum Gasteiger partial charge on any atom is -0.493 e. The first kappa shape index (κ1) is 17.8. The highest BCUT2D eigenvalue weighted by Gasteiger charge is 2.04. The largest absolute Gasteiger partial charge is 0.493 e. The molecule has 2 nitrogen and oxygen atoms in total. The third-order valence-corrected chi connectivity index (χ3v) is 4.53. The summed E-state index contributed by atoms with van der Waals surface area (Å²) in [5.41, 5.74) is 1.11. The van der Waals surface area contributed by atoms with Crippen LogP contribution >= 0.6 is 23.4 Å². The molecule has 0 amide bonds. The standard InChI is InChI=1S/C19H21ClO2S/c1-3-5-15-6-11-18(19(14-15)21-2)22-12-4-13-23-17-9-7-16(20)8-10-17/h3,5-11,14H,4,12-13H2,1-2H3/b5-3+. The number of hydrogen-bond acceptors (Lipinski definition) is 3. The Hall–Kier alpha value is -1.58.